The van der Waals surface area contributed by atoms with Gasteiger partial charge in [-0.2, -0.15) is 0 Å². The van der Waals surface area contributed by atoms with Crippen molar-refractivity contribution in [2.75, 3.05) is 41.0 Å². The van der Waals surface area contributed by atoms with Gasteiger partial charge in [0.05, 0.1) is 27.0 Å². The molecular formula is C27H32N2O6. The van der Waals surface area contributed by atoms with Crippen molar-refractivity contribution in [3.8, 4) is 11.5 Å². The molecule has 186 valence electrons. The standard InChI is InChI=1S/C27H32N2O6/c1-32-13-8-12-28(27(31)22-15-24(33-2)17-25(16-22)34-3)20-26(30)29(19-23-11-7-14-35-23)18-21-9-5-4-6-10-21/h4-7,9-11,14-17H,8,12-13,18-20H2,1-3H3. The number of hydrogen-bond acceptors (Lipinski definition) is 6. The molecule has 0 radical (unpaired) electrons. The zero-order valence-electron chi connectivity index (χ0n) is 20.4. The van der Waals surface area contributed by atoms with Gasteiger partial charge in [-0.1, -0.05) is 30.3 Å². The van der Waals surface area contributed by atoms with Gasteiger partial charge in [0.2, 0.25) is 5.91 Å². The van der Waals surface area contributed by atoms with E-state index in [0.29, 0.717) is 55.5 Å². The van der Waals surface area contributed by atoms with Crippen molar-refractivity contribution in [1.82, 2.24) is 9.80 Å². The molecule has 0 aliphatic rings. The predicted octanol–water partition coefficient (Wildman–Crippen LogP) is 4.00. The Morgan fingerprint density at radius 2 is 1.57 bits per heavy atom. The lowest BCUT2D eigenvalue weighted by molar-refractivity contribution is -0.133. The van der Waals surface area contributed by atoms with E-state index in [4.69, 9.17) is 18.6 Å². The van der Waals surface area contributed by atoms with Gasteiger partial charge in [0.15, 0.2) is 0 Å². The summed E-state index contributed by atoms with van der Waals surface area (Å²) in [6.07, 6.45) is 2.17. The van der Waals surface area contributed by atoms with Crippen LogP contribution in [0, 0.1) is 0 Å². The van der Waals surface area contributed by atoms with E-state index < -0.39 is 0 Å². The predicted molar refractivity (Wildman–Crippen MR) is 131 cm³/mol. The SMILES string of the molecule is COCCCN(CC(=O)N(Cc1ccccc1)Cc1ccco1)C(=O)c1cc(OC)cc(OC)c1. The Hall–Kier alpha value is -3.78. The second-order valence-corrected chi connectivity index (χ2v) is 7.99. The van der Waals surface area contributed by atoms with Gasteiger partial charge in [0.1, 0.15) is 23.8 Å². The molecule has 0 unspecified atom stereocenters. The first kappa shape index (κ1) is 25.8. The van der Waals surface area contributed by atoms with E-state index in [-0.39, 0.29) is 18.4 Å². The highest BCUT2D eigenvalue weighted by Gasteiger charge is 2.24. The number of ether oxygens (including phenoxy) is 3. The summed E-state index contributed by atoms with van der Waals surface area (Å²) in [5.74, 6) is 1.19. The van der Waals surface area contributed by atoms with Crippen LogP contribution in [0.25, 0.3) is 0 Å². The first-order valence-electron chi connectivity index (χ1n) is 11.4. The van der Waals surface area contributed by atoms with Crippen LogP contribution in [0.4, 0.5) is 0 Å². The van der Waals surface area contributed by atoms with Crippen molar-refractivity contribution >= 4 is 11.8 Å². The van der Waals surface area contributed by atoms with Crippen molar-refractivity contribution in [3.05, 3.63) is 83.8 Å². The molecule has 2 amide bonds. The summed E-state index contributed by atoms with van der Waals surface area (Å²) in [6.45, 7) is 1.44. The molecule has 1 heterocycles. The second kappa shape index (κ2) is 13.2. The molecule has 35 heavy (non-hydrogen) atoms. The van der Waals surface area contributed by atoms with E-state index in [0.717, 1.165) is 5.56 Å². The summed E-state index contributed by atoms with van der Waals surface area (Å²) in [6, 6.07) is 18.3. The molecule has 0 bridgehead atoms. The zero-order chi connectivity index (χ0) is 25.0. The normalized spacial score (nSPS) is 10.6. The van der Waals surface area contributed by atoms with Crippen molar-refractivity contribution < 1.29 is 28.2 Å². The maximum Gasteiger partial charge on any atom is 0.254 e. The molecule has 2 aromatic carbocycles. The molecule has 8 nitrogen and oxygen atoms in total. The van der Waals surface area contributed by atoms with E-state index >= 15 is 0 Å². The van der Waals surface area contributed by atoms with Gasteiger partial charge >= 0.3 is 0 Å². The Morgan fingerprint density at radius 1 is 0.857 bits per heavy atom. The molecule has 0 N–H and O–H groups in total. The first-order valence-corrected chi connectivity index (χ1v) is 11.4. The first-order chi connectivity index (χ1) is 17.0. The number of benzene rings is 2. The minimum absolute atomic E-state index is 0.0877. The van der Waals surface area contributed by atoms with Crippen LogP contribution >= 0.6 is 0 Å². The van der Waals surface area contributed by atoms with Gasteiger partial charge in [-0.3, -0.25) is 9.59 Å². The molecule has 0 saturated heterocycles. The lowest BCUT2D eigenvalue weighted by atomic mass is 10.1. The number of rotatable bonds is 13. The number of amides is 2. The monoisotopic (exact) mass is 480 g/mol. The van der Waals surface area contributed by atoms with Crippen LogP contribution in [0.2, 0.25) is 0 Å². The average Bonchev–Trinajstić information content (AvgIpc) is 3.40. The van der Waals surface area contributed by atoms with Crippen LogP contribution in [0.1, 0.15) is 28.1 Å². The average molecular weight is 481 g/mol. The van der Waals surface area contributed by atoms with E-state index in [1.165, 1.54) is 19.1 Å². The lowest BCUT2D eigenvalue weighted by Crippen LogP contribution is -2.43. The molecule has 0 aliphatic heterocycles. The smallest absolute Gasteiger partial charge is 0.254 e. The van der Waals surface area contributed by atoms with Crippen LogP contribution in [-0.2, 0) is 22.6 Å². The fraction of sp³-hybridized carbons (Fsp3) is 0.333. The van der Waals surface area contributed by atoms with Crippen LogP contribution in [0.5, 0.6) is 11.5 Å². The van der Waals surface area contributed by atoms with Crippen LogP contribution in [0.3, 0.4) is 0 Å². The summed E-state index contributed by atoms with van der Waals surface area (Å²) in [5.41, 5.74) is 1.37. The molecule has 8 heteroatoms. The summed E-state index contributed by atoms with van der Waals surface area (Å²) >= 11 is 0. The number of carbonyl (C=O) groups excluding carboxylic acids is 2. The number of nitrogens with zero attached hydrogens (tertiary/aromatic N) is 2. The highest BCUT2D eigenvalue weighted by atomic mass is 16.5. The number of furan rings is 1. The van der Waals surface area contributed by atoms with Gasteiger partial charge in [0.25, 0.3) is 5.91 Å². The third-order valence-electron chi connectivity index (χ3n) is 5.48. The Balaban J connectivity index is 1.83. The van der Waals surface area contributed by atoms with E-state index in [1.807, 2.05) is 36.4 Å². The maximum atomic E-state index is 13.5. The van der Waals surface area contributed by atoms with E-state index in [9.17, 15) is 9.59 Å². The van der Waals surface area contributed by atoms with E-state index in [2.05, 4.69) is 0 Å². The molecule has 3 aromatic rings. The van der Waals surface area contributed by atoms with Crippen molar-refractivity contribution in [2.24, 2.45) is 0 Å². The summed E-state index contributed by atoms with van der Waals surface area (Å²) in [7, 11) is 4.66. The highest BCUT2D eigenvalue weighted by molar-refractivity contribution is 5.97. The topological polar surface area (TPSA) is 81.5 Å². The van der Waals surface area contributed by atoms with Gasteiger partial charge in [0, 0.05) is 38.4 Å². The summed E-state index contributed by atoms with van der Waals surface area (Å²) in [5, 5.41) is 0. The Bertz CT molecular complexity index is 1050. The second-order valence-electron chi connectivity index (χ2n) is 7.99. The summed E-state index contributed by atoms with van der Waals surface area (Å²) in [4.78, 5) is 30.2. The van der Waals surface area contributed by atoms with E-state index in [1.54, 1.807) is 42.5 Å². The molecule has 3 rings (SSSR count). The summed E-state index contributed by atoms with van der Waals surface area (Å²) < 4.78 is 21.3. The Labute approximate surface area is 206 Å². The quantitative estimate of drug-likeness (QED) is 0.344. The largest absolute Gasteiger partial charge is 0.497 e. The third-order valence-corrected chi connectivity index (χ3v) is 5.48. The molecular weight excluding hydrogens is 448 g/mol. The van der Waals surface area contributed by atoms with Gasteiger partial charge < -0.3 is 28.4 Å². The molecule has 0 aliphatic carbocycles. The van der Waals surface area contributed by atoms with Gasteiger partial charge in [-0.15, -0.1) is 0 Å². The zero-order valence-corrected chi connectivity index (χ0v) is 20.4. The minimum atomic E-state index is -0.288. The van der Waals surface area contributed by atoms with Crippen LogP contribution in [0.15, 0.2) is 71.3 Å². The van der Waals surface area contributed by atoms with Gasteiger partial charge in [-0.25, -0.2) is 0 Å². The highest BCUT2D eigenvalue weighted by Crippen LogP contribution is 2.24. The molecule has 1 aromatic heterocycles. The third kappa shape index (κ3) is 7.61. The van der Waals surface area contributed by atoms with Crippen molar-refractivity contribution in [3.63, 3.8) is 0 Å². The molecule has 0 saturated carbocycles. The number of carbonyl (C=O) groups is 2. The van der Waals surface area contributed by atoms with Crippen molar-refractivity contribution in [2.45, 2.75) is 19.5 Å². The number of methoxy groups -OCH3 is 3. The fourth-order valence-electron chi connectivity index (χ4n) is 3.66. The van der Waals surface area contributed by atoms with Gasteiger partial charge in [-0.05, 0) is 36.2 Å². The Morgan fingerprint density at radius 3 is 2.17 bits per heavy atom. The number of hydrogen-bond donors (Lipinski definition) is 0. The molecule has 0 atom stereocenters. The van der Waals surface area contributed by atoms with Crippen molar-refractivity contribution in [1.29, 1.82) is 0 Å². The minimum Gasteiger partial charge on any atom is -0.497 e. The molecule has 0 fully saturated rings. The van der Waals surface area contributed by atoms with Crippen LogP contribution in [-0.4, -0.2) is 62.6 Å². The lowest BCUT2D eigenvalue weighted by Gasteiger charge is -2.27. The fourth-order valence-corrected chi connectivity index (χ4v) is 3.66. The van der Waals surface area contributed by atoms with Crippen LogP contribution < -0.4 is 9.47 Å². The Kier molecular flexibility index (Phi) is 9.74. The molecule has 0 spiro atoms. The maximum absolute atomic E-state index is 13.5.